The molecule has 0 amide bonds. The number of nitrogens with two attached hydrogens (primary N) is 1. The second-order valence-corrected chi connectivity index (χ2v) is 4.88. The Morgan fingerprint density at radius 1 is 1.47 bits per heavy atom. The van der Waals surface area contributed by atoms with Gasteiger partial charge in [-0.3, -0.25) is 4.79 Å². The van der Waals surface area contributed by atoms with E-state index in [1.807, 2.05) is 12.1 Å². The molecule has 0 aliphatic carbocycles. The van der Waals surface area contributed by atoms with E-state index < -0.39 is 0 Å². The SMILES string of the molecule is NC(Cn1nnc2ccccc2c1=O)C1CCOC1. The van der Waals surface area contributed by atoms with Crippen LogP contribution < -0.4 is 11.3 Å². The Hall–Kier alpha value is -1.79. The van der Waals surface area contributed by atoms with Crippen molar-refractivity contribution in [2.45, 2.75) is 19.0 Å². The Morgan fingerprint density at radius 3 is 3.11 bits per heavy atom. The molecule has 19 heavy (non-hydrogen) atoms. The minimum Gasteiger partial charge on any atom is -0.381 e. The van der Waals surface area contributed by atoms with Crippen LogP contribution in [0.5, 0.6) is 0 Å². The average molecular weight is 260 g/mol. The summed E-state index contributed by atoms with van der Waals surface area (Å²) >= 11 is 0. The van der Waals surface area contributed by atoms with Gasteiger partial charge in [-0.2, -0.15) is 0 Å². The van der Waals surface area contributed by atoms with Gasteiger partial charge in [-0.15, -0.1) is 5.10 Å². The van der Waals surface area contributed by atoms with Gasteiger partial charge < -0.3 is 10.5 Å². The first kappa shape index (κ1) is 12.3. The zero-order valence-electron chi connectivity index (χ0n) is 10.5. The van der Waals surface area contributed by atoms with Crippen LogP contribution in [0, 0.1) is 5.92 Å². The average Bonchev–Trinajstić information content (AvgIpc) is 2.96. The van der Waals surface area contributed by atoms with Gasteiger partial charge in [0.25, 0.3) is 5.56 Å². The third-order valence-electron chi connectivity index (χ3n) is 3.58. The Balaban J connectivity index is 1.88. The standard InChI is InChI=1S/C13H16N4O2/c14-11(9-5-6-19-8-9)7-17-13(18)10-3-1-2-4-12(10)15-16-17/h1-4,9,11H,5-8,14H2. The highest BCUT2D eigenvalue weighted by atomic mass is 16.5. The van der Waals surface area contributed by atoms with Crippen molar-refractivity contribution in [3.8, 4) is 0 Å². The number of benzene rings is 1. The predicted molar refractivity (Wildman–Crippen MR) is 70.7 cm³/mol. The fraction of sp³-hybridized carbons (Fsp3) is 0.462. The second-order valence-electron chi connectivity index (χ2n) is 4.88. The molecule has 2 heterocycles. The monoisotopic (exact) mass is 260 g/mol. The van der Waals surface area contributed by atoms with Crippen LogP contribution in [0.25, 0.3) is 10.9 Å². The molecule has 1 fully saturated rings. The number of aromatic nitrogens is 3. The van der Waals surface area contributed by atoms with E-state index in [9.17, 15) is 4.79 Å². The molecule has 0 bridgehead atoms. The maximum absolute atomic E-state index is 12.3. The van der Waals surface area contributed by atoms with E-state index in [0.717, 1.165) is 13.0 Å². The summed E-state index contributed by atoms with van der Waals surface area (Å²) in [6, 6.07) is 7.06. The van der Waals surface area contributed by atoms with Gasteiger partial charge in [0.2, 0.25) is 0 Å². The van der Waals surface area contributed by atoms with Crippen molar-refractivity contribution in [1.29, 1.82) is 0 Å². The molecule has 1 aliphatic rings. The highest BCUT2D eigenvalue weighted by Gasteiger charge is 2.23. The van der Waals surface area contributed by atoms with Gasteiger partial charge in [0.1, 0.15) is 5.52 Å². The molecule has 2 atom stereocenters. The number of nitrogens with zero attached hydrogens (tertiary/aromatic N) is 3. The first-order valence-electron chi connectivity index (χ1n) is 6.41. The molecule has 2 N–H and O–H groups in total. The third-order valence-corrected chi connectivity index (χ3v) is 3.58. The zero-order valence-corrected chi connectivity index (χ0v) is 10.5. The fourth-order valence-electron chi connectivity index (χ4n) is 2.38. The summed E-state index contributed by atoms with van der Waals surface area (Å²) in [5.41, 5.74) is 6.59. The first-order valence-corrected chi connectivity index (χ1v) is 6.41. The summed E-state index contributed by atoms with van der Waals surface area (Å²) < 4.78 is 6.67. The van der Waals surface area contributed by atoms with Crippen LogP contribution in [0.1, 0.15) is 6.42 Å². The molecule has 1 aliphatic heterocycles. The minimum absolute atomic E-state index is 0.129. The van der Waals surface area contributed by atoms with Crippen LogP contribution in [0.2, 0.25) is 0 Å². The van der Waals surface area contributed by atoms with Gasteiger partial charge >= 0.3 is 0 Å². The largest absolute Gasteiger partial charge is 0.381 e. The second kappa shape index (κ2) is 5.07. The fourth-order valence-corrected chi connectivity index (χ4v) is 2.38. The summed E-state index contributed by atoms with van der Waals surface area (Å²) in [5, 5.41) is 8.58. The Bertz CT molecular complexity index is 634. The molecule has 1 aromatic carbocycles. The number of ether oxygens (including phenoxy) is 1. The summed E-state index contributed by atoms with van der Waals surface area (Å²) in [4.78, 5) is 12.3. The lowest BCUT2D eigenvalue weighted by molar-refractivity contribution is 0.178. The Labute approximate surface area is 110 Å². The maximum Gasteiger partial charge on any atom is 0.277 e. The van der Waals surface area contributed by atoms with E-state index in [1.54, 1.807) is 12.1 Å². The maximum atomic E-state index is 12.3. The van der Waals surface area contributed by atoms with Crippen LogP contribution in [-0.2, 0) is 11.3 Å². The first-order chi connectivity index (χ1) is 9.25. The molecule has 2 unspecified atom stereocenters. The van der Waals surface area contributed by atoms with Gasteiger partial charge in [-0.1, -0.05) is 17.3 Å². The molecule has 2 aromatic rings. The summed E-state index contributed by atoms with van der Waals surface area (Å²) in [6.45, 7) is 1.79. The molecular weight excluding hydrogens is 244 g/mol. The van der Waals surface area contributed by atoms with E-state index in [-0.39, 0.29) is 11.6 Å². The third kappa shape index (κ3) is 2.36. The molecule has 3 rings (SSSR count). The smallest absolute Gasteiger partial charge is 0.277 e. The number of hydrogen-bond acceptors (Lipinski definition) is 5. The van der Waals surface area contributed by atoms with E-state index in [1.165, 1.54) is 4.68 Å². The predicted octanol–water partition coefficient (Wildman–Crippen LogP) is 0.155. The van der Waals surface area contributed by atoms with Crippen LogP contribution in [0.3, 0.4) is 0 Å². The molecule has 1 saturated heterocycles. The Morgan fingerprint density at radius 2 is 2.32 bits per heavy atom. The normalized spacial score (nSPS) is 20.8. The molecule has 100 valence electrons. The number of fused-ring (bicyclic) bond motifs is 1. The van der Waals surface area contributed by atoms with E-state index in [4.69, 9.17) is 10.5 Å². The van der Waals surface area contributed by atoms with E-state index in [0.29, 0.717) is 30.0 Å². The van der Waals surface area contributed by atoms with Crippen molar-refractivity contribution in [1.82, 2.24) is 15.0 Å². The van der Waals surface area contributed by atoms with Gasteiger partial charge in [-0.05, 0) is 18.6 Å². The van der Waals surface area contributed by atoms with Gasteiger partial charge in [-0.25, -0.2) is 4.68 Å². The number of rotatable bonds is 3. The summed E-state index contributed by atoms with van der Waals surface area (Å²) in [6.07, 6.45) is 0.941. The summed E-state index contributed by atoms with van der Waals surface area (Å²) in [7, 11) is 0. The molecule has 6 nitrogen and oxygen atoms in total. The highest BCUT2D eigenvalue weighted by molar-refractivity contribution is 5.76. The van der Waals surface area contributed by atoms with Crippen molar-refractivity contribution < 1.29 is 4.74 Å². The molecule has 0 radical (unpaired) electrons. The van der Waals surface area contributed by atoms with Crippen molar-refractivity contribution in [3.63, 3.8) is 0 Å². The topological polar surface area (TPSA) is 83.0 Å². The van der Waals surface area contributed by atoms with Gasteiger partial charge in [0.05, 0.1) is 18.5 Å². The quantitative estimate of drug-likeness (QED) is 0.849. The lowest BCUT2D eigenvalue weighted by Gasteiger charge is -2.17. The Kier molecular flexibility index (Phi) is 3.27. The van der Waals surface area contributed by atoms with Crippen LogP contribution in [-0.4, -0.2) is 34.2 Å². The molecule has 0 spiro atoms. The highest BCUT2D eigenvalue weighted by Crippen LogP contribution is 2.16. The van der Waals surface area contributed by atoms with Crippen molar-refractivity contribution in [2.24, 2.45) is 11.7 Å². The molecular formula is C13H16N4O2. The zero-order chi connectivity index (χ0) is 13.2. The molecule has 1 aromatic heterocycles. The lowest BCUT2D eigenvalue weighted by Crippen LogP contribution is -2.39. The van der Waals surface area contributed by atoms with Crippen LogP contribution in [0.15, 0.2) is 29.1 Å². The summed E-state index contributed by atoms with van der Waals surface area (Å²) in [5.74, 6) is 0.292. The molecule has 0 saturated carbocycles. The lowest BCUT2D eigenvalue weighted by atomic mass is 10.00. The van der Waals surface area contributed by atoms with Crippen LogP contribution in [0.4, 0.5) is 0 Å². The number of hydrogen-bond donors (Lipinski definition) is 1. The van der Waals surface area contributed by atoms with Crippen LogP contribution >= 0.6 is 0 Å². The molecule has 6 heteroatoms. The van der Waals surface area contributed by atoms with E-state index in [2.05, 4.69) is 10.3 Å². The van der Waals surface area contributed by atoms with Crippen molar-refractivity contribution >= 4 is 10.9 Å². The van der Waals surface area contributed by atoms with Gasteiger partial charge in [0, 0.05) is 18.6 Å². The van der Waals surface area contributed by atoms with Crippen molar-refractivity contribution in [2.75, 3.05) is 13.2 Å². The van der Waals surface area contributed by atoms with Gasteiger partial charge in [0.15, 0.2) is 0 Å². The van der Waals surface area contributed by atoms with Crippen molar-refractivity contribution in [3.05, 3.63) is 34.6 Å². The van der Waals surface area contributed by atoms with E-state index >= 15 is 0 Å². The minimum atomic E-state index is -0.139.